The quantitative estimate of drug-likeness (QED) is 0.917. The molecule has 0 radical (unpaired) electrons. The van der Waals surface area contributed by atoms with Gasteiger partial charge in [0, 0.05) is 25.2 Å². The van der Waals surface area contributed by atoms with Crippen LogP contribution in [0.1, 0.15) is 52.5 Å². The van der Waals surface area contributed by atoms with Gasteiger partial charge in [-0.05, 0) is 31.1 Å². The first kappa shape index (κ1) is 15.1. The Hall–Kier alpha value is -1.32. The molecule has 0 saturated carbocycles. The highest BCUT2D eigenvalue weighted by Crippen LogP contribution is 2.36. The fourth-order valence-electron chi connectivity index (χ4n) is 3.34. The minimum Gasteiger partial charge on any atom is -0.373 e. The second-order valence-electron chi connectivity index (χ2n) is 6.58. The summed E-state index contributed by atoms with van der Waals surface area (Å²) in [5.41, 5.74) is 1.24. The molecule has 1 aromatic heterocycles. The summed E-state index contributed by atoms with van der Waals surface area (Å²) in [5, 5.41) is 3.22. The molecule has 0 aromatic carbocycles. The number of rotatable bonds is 3. The van der Waals surface area contributed by atoms with E-state index in [1.807, 2.05) is 7.05 Å². The van der Waals surface area contributed by atoms with Crippen molar-refractivity contribution >= 4 is 11.6 Å². The highest BCUT2D eigenvalue weighted by molar-refractivity contribution is 5.60. The van der Waals surface area contributed by atoms with Crippen LogP contribution >= 0.6 is 0 Å². The summed E-state index contributed by atoms with van der Waals surface area (Å²) < 4.78 is 0. The summed E-state index contributed by atoms with van der Waals surface area (Å²) in [7, 11) is 1.93. The summed E-state index contributed by atoms with van der Waals surface area (Å²) in [5.74, 6) is 3.91. The van der Waals surface area contributed by atoms with Gasteiger partial charge in [-0.15, -0.1) is 0 Å². The molecule has 1 aliphatic rings. The van der Waals surface area contributed by atoms with Crippen molar-refractivity contribution in [3.05, 3.63) is 11.9 Å². The molecule has 2 heterocycles. The lowest BCUT2D eigenvalue weighted by Crippen LogP contribution is -2.46. The van der Waals surface area contributed by atoms with Crippen LogP contribution in [0.4, 0.5) is 11.6 Å². The van der Waals surface area contributed by atoms with E-state index in [-0.39, 0.29) is 0 Å². The minimum atomic E-state index is 0.411. The molecule has 20 heavy (non-hydrogen) atoms. The van der Waals surface area contributed by atoms with Gasteiger partial charge in [-0.2, -0.15) is 0 Å². The largest absolute Gasteiger partial charge is 0.373 e. The van der Waals surface area contributed by atoms with E-state index < -0.39 is 0 Å². The molecule has 2 rings (SSSR count). The zero-order chi connectivity index (χ0) is 14.9. The van der Waals surface area contributed by atoms with Crippen molar-refractivity contribution in [3.8, 4) is 0 Å². The number of nitrogens with one attached hydrogen (secondary N) is 1. The van der Waals surface area contributed by atoms with Crippen LogP contribution in [0.25, 0.3) is 0 Å². The number of hydrogen-bond donors (Lipinski definition) is 1. The third-order valence-corrected chi connectivity index (χ3v) is 4.55. The molecule has 1 saturated heterocycles. The molecule has 1 fully saturated rings. The smallest absolute Gasteiger partial charge is 0.137 e. The molecule has 4 nitrogen and oxygen atoms in total. The fraction of sp³-hybridized carbons (Fsp3) is 0.750. The maximum absolute atomic E-state index is 4.63. The molecule has 0 spiro atoms. The van der Waals surface area contributed by atoms with Crippen molar-refractivity contribution in [2.75, 3.05) is 23.8 Å². The van der Waals surface area contributed by atoms with Crippen molar-refractivity contribution in [1.29, 1.82) is 0 Å². The van der Waals surface area contributed by atoms with E-state index in [1.54, 1.807) is 6.33 Å². The fourth-order valence-corrected chi connectivity index (χ4v) is 3.34. The lowest BCUT2D eigenvalue weighted by atomic mass is 9.85. The van der Waals surface area contributed by atoms with Gasteiger partial charge in [0.25, 0.3) is 0 Å². The molecule has 1 aliphatic heterocycles. The van der Waals surface area contributed by atoms with Gasteiger partial charge in [-0.3, -0.25) is 0 Å². The van der Waals surface area contributed by atoms with Gasteiger partial charge in [0.05, 0.1) is 0 Å². The van der Waals surface area contributed by atoms with E-state index in [9.17, 15) is 0 Å². The number of hydrogen-bond acceptors (Lipinski definition) is 4. The Labute approximate surface area is 123 Å². The molecule has 3 atom stereocenters. The summed E-state index contributed by atoms with van der Waals surface area (Å²) in [6.45, 7) is 12.5. The van der Waals surface area contributed by atoms with Crippen LogP contribution in [0.5, 0.6) is 0 Å². The van der Waals surface area contributed by atoms with Crippen molar-refractivity contribution in [1.82, 2.24) is 9.97 Å². The van der Waals surface area contributed by atoms with E-state index in [0.29, 0.717) is 23.8 Å². The SMILES string of the molecule is CNc1ncnc(N2CC(C)CC(C)C2C)c1C(C)C. The molecule has 0 bridgehead atoms. The normalized spacial score (nSPS) is 26.9. The first-order valence-electron chi connectivity index (χ1n) is 7.75. The van der Waals surface area contributed by atoms with Gasteiger partial charge < -0.3 is 10.2 Å². The molecule has 112 valence electrons. The minimum absolute atomic E-state index is 0.411. The van der Waals surface area contributed by atoms with Crippen molar-refractivity contribution in [3.63, 3.8) is 0 Å². The zero-order valence-electron chi connectivity index (χ0n) is 13.6. The Balaban J connectivity index is 2.45. The molecule has 1 N–H and O–H groups in total. The number of nitrogens with zero attached hydrogens (tertiary/aromatic N) is 3. The third kappa shape index (κ3) is 2.74. The zero-order valence-corrected chi connectivity index (χ0v) is 13.6. The Morgan fingerprint density at radius 1 is 1.25 bits per heavy atom. The highest BCUT2D eigenvalue weighted by Gasteiger charge is 2.32. The van der Waals surface area contributed by atoms with E-state index >= 15 is 0 Å². The maximum Gasteiger partial charge on any atom is 0.137 e. The average molecular weight is 276 g/mol. The predicted molar refractivity (Wildman–Crippen MR) is 85.4 cm³/mol. The van der Waals surface area contributed by atoms with E-state index in [0.717, 1.165) is 18.2 Å². The van der Waals surface area contributed by atoms with Gasteiger partial charge in [0.2, 0.25) is 0 Å². The van der Waals surface area contributed by atoms with Gasteiger partial charge in [-0.1, -0.05) is 27.7 Å². The van der Waals surface area contributed by atoms with Crippen LogP contribution in [0, 0.1) is 11.8 Å². The molecule has 3 unspecified atom stereocenters. The lowest BCUT2D eigenvalue weighted by Gasteiger charge is -2.43. The van der Waals surface area contributed by atoms with Crippen LogP contribution < -0.4 is 10.2 Å². The summed E-state index contributed by atoms with van der Waals surface area (Å²) in [4.78, 5) is 11.5. The Morgan fingerprint density at radius 2 is 1.95 bits per heavy atom. The van der Waals surface area contributed by atoms with Gasteiger partial charge in [-0.25, -0.2) is 9.97 Å². The average Bonchev–Trinajstić information content (AvgIpc) is 2.41. The van der Waals surface area contributed by atoms with Gasteiger partial charge >= 0.3 is 0 Å². The van der Waals surface area contributed by atoms with Crippen molar-refractivity contribution in [2.45, 2.75) is 53.0 Å². The van der Waals surface area contributed by atoms with Crippen LogP contribution in [0.2, 0.25) is 0 Å². The second-order valence-corrected chi connectivity index (χ2v) is 6.58. The Bertz CT molecular complexity index is 458. The molecular formula is C16H28N4. The number of piperidine rings is 1. The highest BCUT2D eigenvalue weighted by atomic mass is 15.2. The summed E-state index contributed by atoms with van der Waals surface area (Å²) in [6, 6.07) is 0.531. The van der Waals surface area contributed by atoms with Crippen LogP contribution in [0.15, 0.2) is 6.33 Å². The van der Waals surface area contributed by atoms with Crippen LogP contribution in [0.3, 0.4) is 0 Å². The second kappa shape index (κ2) is 5.98. The van der Waals surface area contributed by atoms with Gasteiger partial charge in [0.15, 0.2) is 0 Å². The first-order valence-corrected chi connectivity index (χ1v) is 7.75. The van der Waals surface area contributed by atoms with Gasteiger partial charge in [0.1, 0.15) is 18.0 Å². The predicted octanol–water partition coefficient (Wildman–Crippen LogP) is 3.51. The number of anilines is 2. The Morgan fingerprint density at radius 3 is 2.55 bits per heavy atom. The van der Waals surface area contributed by atoms with Crippen LogP contribution in [-0.4, -0.2) is 29.6 Å². The molecule has 4 heteroatoms. The molecule has 0 amide bonds. The summed E-state index contributed by atoms with van der Waals surface area (Å²) >= 11 is 0. The molecule has 0 aliphatic carbocycles. The maximum atomic E-state index is 4.63. The topological polar surface area (TPSA) is 41.1 Å². The van der Waals surface area contributed by atoms with Crippen LogP contribution in [-0.2, 0) is 0 Å². The summed E-state index contributed by atoms with van der Waals surface area (Å²) in [6.07, 6.45) is 2.99. The van der Waals surface area contributed by atoms with E-state index in [1.165, 1.54) is 12.0 Å². The lowest BCUT2D eigenvalue weighted by molar-refractivity contribution is 0.295. The molecule has 1 aromatic rings. The standard InChI is InChI=1S/C16H28N4/c1-10(2)14-15(17-6)18-9-19-16(14)20-8-11(3)7-12(4)13(20)5/h9-13H,7-8H2,1-6H3,(H,17,18,19). The monoisotopic (exact) mass is 276 g/mol. The number of aromatic nitrogens is 2. The third-order valence-electron chi connectivity index (χ3n) is 4.55. The Kier molecular flexibility index (Phi) is 4.51. The first-order chi connectivity index (χ1) is 9.45. The molecular weight excluding hydrogens is 248 g/mol. The van der Waals surface area contributed by atoms with E-state index in [4.69, 9.17) is 0 Å². The van der Waals surface area contributed by atoms with Crippen molar-refractivity contribution < 1.29 is 0 Å². The van der Waals surface area contributed by atoms with E-state index in [2.05, 4.69) is 54.8 Å². The van der Waals surface area contributed by atoms with Crippen molar-refractivity contribution in [2.24, 2.45) is 11.8 Å².